The summed E-state index contributed by atoms with van der Waals surface area (Å²) >= 11 is 0. The molecule has 0 aromatic carbocycles. The molecule has 0 heterocycles. The second-order valence-corrected chi connectivity index (χ2v) is 2.75. The Bertz CT molecular complexity index is 336. The van der Waals surface area contributed by atoms with Crippen LogP contribution in [0, 0.1) is 10.1 Å². The standard InChI is InChI=1S/C8H8FNO4/c1-14-7(11)6-3-2-4-8(9,5-6)10(12)13/h2,4-5H,3H2,1H3. The number of halogens is 1. The molecule has 0 fully saturated rings. The van der Waals surface area contributed by atoms with Crippen LogP contribution >= 0.6 is 0 Å². The second-order valence-electron chi connectivity index (χ2n) is 2.75. The number of rotatable bonds is 2. The summed E-state index contributed by atoms with van der Waals surface area (Å²) in [6, 6.07) is 0. The van der Waals surface area contributed by atoms with Crippen molar-refractivity contribution < 1.29 is 18.8 Å². The van der Waals surface area contributed by atoms with Gasteiger partial charge in [-0.15, -0.1) is 0 Å². The van der Waals surface area contributed by atoms with E-state index >= 15 is 0 Å². The van der Waals surface area contributed by atoms with E-state index in [1.165, 1.54) is 6.08 Å². The van der Waals surface area contributed by atoms with E-state index in [-0.39, 0.29) is 12.0 Å². The van der Waals surface area contributed by atoms with Crippen LogP contribution in [0.4, 0.5) is 4.39 Å². The highest BCUT2D eigenvalue weighted by Crippen LogP contribution is 2.25. The Balaban J connectivity index is 2.98. The lowest BCUT2D eigenvalue weighted by molar-refractivity contribution is -0.573. The Hall–Kier alpha value is -1.72. The van der Waals surface area contributed by atoms with E-state index in [4.69, 9.17) is 0 Å². The number of esters is 1. The van der Waals surface area contributed by atoms with Crippen molar-refractivity contribution in [3.05, 3.63) is 33.9 Å². The van der Waals surface area contributed by atoms with Crippen molar-refractivity contribution in [2.75, 3.05) is 7.11 Å². The minimum Gasteiger partial charge on any atom is -0.466 e. The van der Waals surface area contributed by atoms with E-state index in [1.54, 1.807) is 0 Å². The van der Waals surface area contributed by atoms with Crippen LogP contribution in [0.25, 0.3) is 0 Å². The fourth-order valence-corrected chi connectivity index (χ4v) is 1.09. The summed E-state index contributed by atoms with van der Waals surface area (Å²) in [7, 11) is 1.13. The molecule has 1 unspecified atom stereocenters. The largest absolute Gasteiger partial charge is 0.466 e. The van der Waals surface area contributed by atoms with Crippen LogP contribution in [0.2, 0.25) is 0 Å². The van der Waals surface area contributed by atoms with Gasteiger partial charge in [0, 0.05) is 17.7 Å². The molecule has 1 aliphatic rings. The molecule has 14 heavy (non-hydrogen) atoms. The molecule has 0 saturated carbocycles. The third-order valence-corrected chi connectivity index (χ3v) is 1.79. The molecule has 1 rings (SSSR count). The highest BCUT2D eigenvalue weighted by Gasteiger charge is 2.40. The van der Waals surface area contributed by atoms with E-state index in [0.717, 1.165) is 13.2 Å². The molecule has 0 aromatic rings. The summed E-state index contributed by atoms with van der Waals surface area (Å²) in [6.07, 6.45) is 2.85. The molecule has 0 spiro atoms. The molecule has 0 radical (unpaired) electrons. The maximum atomic E-state index is 13.4. The minimum absolute atomic E-state index is 0.0470. The van der Waals surface area contributed by atoms with Crippen LogP contribution < -0.4 is 0 Å². The van der Waals surface area contributed by atoms with E-state index in [2.05, 4.69) is 4.74 Å². The topological polar surface area (TPSA) is 69.4 Å². The molecule has 6 heteroatoms. The molecular weight excluding hydrogens is 193 g/mol. The van der Waals surface area contributed by atoms with Crippen molar-refractivity contribution in [2.45, 2.75) is 12.2 Å². The van der Waals surface area contributed by atoms with Gasteiger partial charge < -0.3 is 4.74 Å². The fraction of sp³-hybridized carbons (Fsp3) is 0.375. The monoisotopic (exact) mass is 201 g/mol. The molecule has 1 aliphatic carbocycles. The Labute approximate surface area is 79.0 Å². The van der Waals surface area contributed by atoms with Gasteiger partial charge in [0.1, 0.15) is 0 Å². The van der Waals surface area contributed by atoms with Gasteiger partial charge in [-0.2, -0.15) is 4.39 Å². The van der Waals surface area contributed by atoms with Crippen LogP contribution in [-0.4, -0.2) is 23.8 Å². The Morgan fingerprint density at radius 1 is 1.79 bits per heavy atom. The summed E-state index contributed by atoms with van der Waals surface area (Å²) in [5, 5.41) is 10.3. The zero-order chi connectivity index (χ0) is 10.8. The molecule has 0 saturated heterocycles. The number of allylic oxidation sites excluding steroid dienone is 1. The quantitative estimate of drug-likeness (QED) is 0.219. The minimum atomic E-state index is -2.79. The Morgan fingerprint density at radius 2 is 2.43 bits per heavy atom. The van der Waals surface area contributed by atoms with Gasteiger partial charge in [-0.25, -0.2) is 4.79 Å². The zero-order valence-electron chi connectivity index (χ0n) is 7.40. The first-order valence-electron chi connectivity index (χ1n) is 3.81. The first kappa shape index (κ1) is 10.4. The summed E-state index contributed by atoms with van der Waals surface area (Å²) in [4.78, 5) is 20.2. The maximum absolute atomic E-state index is 13.4. The molecule has 76 valence electrons. The lowest BCUT2D eigenvalue weighted by atomic mass is 10.0. The van der Waals surface area contributed by atoms with E-state index in [1.807, 2.05) is 0 Å². The predicted octanol–water partition coefficient (Wildman–Crippen LogP) is 0.988. The number of ether oxygens (including phenoxy) is 1. The number of carbonyl (C=O) groups is 1. The van der Waals surface area contributed by atoms with Gasteiger partial charge in [0.2, 0.25) is 0 Å². The van der Waals surface area contributed by atoms with Crippen LogP contribution in [-0.2, 0) is 9.53 Å². The Morgan fingerprint density at radius 3 is 2.93 bits per heavy atom. The molecule has 0 aromatic heterocycles. The maximum Gasteiger partial charge on any atom is 0.398 e. The van der Waals surface area contributed by atoms with Gasteiger partial charge in [0.25, 0.3) is 0 Å². The average molecular weight is 201 g/mol. The van der Waals surface area contributed by atoms with Crippen LogP contribution in [0.1, 0.15) is 6.42 Å². The third kappa shape index (κ3) is 1.78. The predicted molar refractivity (Wildman–Crippen MR) is 44.7 cm³/mol. The highest BCUT2D eigenvalue weighted by atomic mass is 19.1. The van der Waals surface area contributed by atoms with Gasteiger partial charge in [-0.3, -0.25) is 10.1 Å². The van der Waals surface area contributed by atoms with Gasteiger partial charge in [-0.05, 0) is 6.42 Å². The smallest absolute Gasteiger partial charge is 0.398 e. The number of alkyl halides is 1. The summed E-state index contributed by atoms with van der Waals surface area (Å²) < 4.78 is 17.7. The van der Waals surface area contributed by atoms with Gasteiger partial charge >= 0.3 is 11.8 Å². The number of nitrogens with zero attached hydrogens (tertiary/aromatic N) is 1. The fourth-order valence-electron chi connectivity index (χ4n) is 1.09. The van der Waals surface area contributed by atoms with E-state index in [9.17, 15) is 19.3 Å². The van der Waals surface area contributed by atoms with E-state index in [0.29, 0.717) is 6.08 Å². The summed E-state index contributed by atoms with van der Waals surface area (Å²) in [6.45, 7) is 0. The van der Waals surface area contributed by atoms with Gasteiger partial charge in [0.15, 0.2) is 0 Å². The van der Waals surface area contributed by atoms with Crippen LogP contribution in [0.5, 0.6) is 0 Å². The van der Waals surface area contributed by atoms with Crippen molar-refractivity contribution >= 4 is 5.97 Å². The number of hydrogen-bond donors (Lipinski definition) is 0. The number of methoxy groups -OCH3 is 1. The summed E-state index contributed by atoms with van der Waals surface area (Å²) in [5.74, 6) is -3.54. The first-order valence-corrected chi connectivity index (χ1v) is 3.81. The molecule has 0 N–H and O–H groups in total. The number of carbonyl (C=O) groups excluding carboxylic acids is 1. The van der Waals surface area contributed by atoms with Crippen LogP contribution in [0.15, 0.2) is 23.8 Å². The number of hydrogen-bond acceptors (Lipinski definition) is 4. The van der Waals surface area contributed by atoms with Crippen LogP contribution in [0.3, 0.4) is 0 Å². The second kappa shape index (κ2) is 3.57. The van der Waals surface area contributed by atoms with Gasteiger partial charge in [-0.1, -0.05) is 6.08 Å². The molecule has 5 nitrogen and oxygen atoms in total. The lowest BCUT2D eigenvalue weighted by Crippen LogP contribution is -2.31. The molecular formula is C8H8FNO4. The van der Waals surface area contributed by atoms with Crippen molar-refractivity contribution in [3.63, 3.8) is 0 Å². The molecule has 0 bridgehead atoms. The SMILES string of the molecule is COC(=O)C1=CC(F)([N+](=O)[O-])C=CC1. The summed E-state index contributed by atoms with van der Waals surface area (Å²) in [5.41, 5.74) is -0.0470. The zero-order valence-corrected chi connectivity index (χ0v) is 7.40. The Kier molecular flexibility index (Phi) is 2.64. The molecule has 1 atom stereocenters. The average Bonchev–Trinajstić information content (AvgIpc) is 2.16. The van der Waals surface area contributed by atoms with Crippen molar-refractivity contribution in [2.24, 2.45) is 0 Å². The van der Waals surface area contributed by atoms with Crippen molar-refractivity contribution in [3.8, 4) is 0 Å². The van der Waals surface area contributed by atoms with Gasteiger partial charge in [0.05, 0.1) is 12.0 Å². The highest BCUT2D eigenvalue weighted by molar-refractivity contribution is 5.89. The molecule has 0 aliphatic heterocycles. The molecule has 0 amide bonds. The lowest BCUT2D eigenvalue weighted by Gasteiger charge is -2.13. The first-order chi connectivity index (χ1) is 6.49. The normalized spacial score (nSPS) is 25.4. The van der Waals surface area contributed by atoms with Crippen molar-refractivity contribution in [1.82, 2.24) is 0 Å². The van der Waals surface area contributed by atoms with Crippen molar-refractivity contribution in [1.29, 1.82) is 0 Å². The number of nitro groups is 1. The van der Waals surface area contributed by atoms with E-state index < -0.39 is 16.7 Å². The third-order valence-electron chi connectivity index (χ3n) is 1.79.